The second-order valence-corrected chi connectivity index (χ2v) is 11.3. The van der Waals surface area contributed by atoms with Gasteiger partial charge in [0.25, 0.3) is 0 Å². The quantitative estimate of drug-likeness (QED) is 0.225. The molecule has 0 saturated carbocycles. The van der Waals surface area contributed by atoms with Crippen molar-refractivity contribution in [3.05, 3.63) is 113 Å². The van der Waals surface area contributed by atoms with E-state index in [1.807, 2.05) is 42.2 Å². The van der Waals surface area contributed by atoms with E-state index in [-0.39, 0.29) is 17.6 Å². The maximum atomic E-state index is 13.8. The van der Waals surface area contributed by atoms with Gasteiger partial charge in [0.2, 0.25) is 5.91 Å². The highest BCUT2D eigenvalue weighted by Crippen LogP contribution is 2.31. The molecule has 0 radical (unpaired) electrons. The van der Waals surface area contributed by atoms with Crippen LogP contribution in [0.5, 0.6) is 0 Å². The first-order chi connectivity index (χ1) is 20.9. The maximum absolute atomic E-state index is 13.8. The molecule has 1 amide bonds. The van der Waals surface area contributed by atoms with Crippen molar-refractivity contribution in [1.82, 2.24) is 24.6 Å². The number of fused-ring (bicyclic) bond motifs is 1. The van der Waals surface area contributed by atoms with Crippen molar-refractivity contribution in [3.63, 3.8) is 0 Å². The van der Waals surface area contributed by atoms with Crippen LogP contribution in [-0.4, -0.2) is 56.7 Å². The van der Waals surface area contributed by atoms with Crippen LogP contribution < -0.4 is 4.90 Å². The van der Waals surface area contributed by atoms with E-state index in [2.05, 4.69) is 43.0 Å². The van der Waals surface area contributed by atoms with Gasteiger partial charge in [-0.2, -0.15) is 5.10 Å². The van der Waals surface area contributed by atoms with E-state index in [0.29, 0.717) is 37.5 Å². The van der Waals surface area contributed by atoms with E-state index in [9.17, 15) is 9.18 Å². The maximum Gasteiger partial charge on any atom is 0.230 e. The minimum atomic E-state index is -0.298. The summed E-state index contributed by atoms with van der Waals surface area (Å²) in [4.78, 5) is 28.1. The molecule has 8 heteroatoms. The molecule has 0 N–H and O–H groups in total. The van der Waals surface area contributed by atoms with Gasteiger partial charge in [-0.05, 0) is 62.1 Å². The second-order valence-electron chi connectivity index (χ2n) is 11.3. The van der Waals surface area contributed by atoms with Crippen LogP contribution in [0, 0.1) is 19.7 Å². The summed E-state index contributed by atoms with van der Waals surface area (Å²) in [6.07, 6.45) is 2.17. The van der Waals surface area contributed by atoms with E-state index in [4.69, 9.17) is 15.1 Å². The summed E-state index contributed by atoms with van der Waals surface area (Å²) < 4.78 is 15.6. The standard InChI is InChI=1S/C35H37FN6O/c1-4-30(27-9-6-5-7-10-27)35(43)41-20-8-19-40(21-22-41)33-32-25(3)39-42(29-17-15-28(36)16-18-29)34(32)38-31(37-33)23-26-13-11-24(2)12-14-26/h5-7,9-18,30H,4,8,19-23H2,1-3H3/t30-/m1/s1. The summed E-state index contributed by atoms with van der Waals surface area (Å²) in [6, 6.07) is 24.8. The average molecular weight is 577 g/mol. The van der Waals surface area contributed by atoms with Crippen molar-refractivity contribution in [2.24, 2.45) is 0 Å². The zero-order valence-corrected chi connectivity index (χ0v) is 25.0. The van der Waals surface area contributed by atoms with Crippen LogP contribution >= 0.6 is 0 Å². The lowest BCUT2D eigenvalue weighted by Crippen LogP contribution is -2.38. The summed E-state index contributed by atoms with van der Waals surface area (Å²) in [5.41, 5.74) is 5.64. The molecule has 1 atom stereocenters. The first kappa shape index (κ1) is 28.5. The summed E-state index contributed by atoms with van der Waals surface area (Å²) in [6.45, 7) is 8.87. The Morgan fingerprint density at radius 2 is 1.63 bits per heavy atom. The third-order valence-corrected chi connectivity index (χ3v) is 8.30. The first-order valence-electron chi connectivity index (χ1n) is 15.1. The summed E-state index contributed by atoms with van der Waals surface area (Å²) >= 11 is 0. The van der Waals surface area contributed by atoms with Crippen LogP contribution in [0.4, 0.5) is 10.2 Å². The molecule has 6 rings (SSSR count). The molecule has 1 aliphatic rings. The third-order valence-electron chi connectivity index (χ3n) is 8.30. The number of hydrogen-bond acceptors (Lipinski definition) is 5. The van der Waals surface area contributed by atoms with Crippen molar-refractivity contribution in [2.45, 2.75) is 46.0 Å². The predicted molar refractivity (Wildman–Crippen MR) is 168 cm³/mol. The number of amides is 1. The Morgan fingerprint density at radius 1 is 0.884 bits per heavy atom. The van der Waals surface area contributed by atoms with Gasteiger partial charge >= 0.3 is 0 Å². The molecule has 0 spiro atoms. The normalized spacial score (nSPS) is 14.6. The highest BCUT2D eigenvalue weighted by atomic mass is 19.1. The highest BCUT2D eigenvalue weighted by molar-refractivity contribution is 5.91. The number of halogens is 1. The van der Waals surface area contributed by atoms with Crippen molar-refractivity contribution in [3.8, 4) is 5.69 Å². The van der Waals surface area contributed by atoms with Crippen molar-refractivity contribution < 1.29 is 9.18 Å². The number of hydrogen-bond donors (Lipinski definition) is 0. The van der Waals surface area contributed by atoms with Crippen LogP contribution in [0.15, 0.2) is 78.9 Å². The number of rotatable bonds is 7. The van der Waals surface area contributed by atoms with Crippen molar-refractivity contribution in [2.75, 3.05) is 31.1 Å². The van der Waals surface area contributed by atoms with E-state index in [0.717, 1.165) is 53.1 Å². The fraction of sp³-hybridized carbons (Fsp3) is 0.314. The van der Waals surface area contributed by atoms with Gasteiger partial charge in [-0.3, -0.25) is 4.79 Å². The smallest absolute Gasteiger partial charge is 0.230 e. The lowest BCUT2D eigenvalue weighted by molar-refractivity contribution is -0.132. The molecule has 220 valence electrons. The molecule has 0 bridgehead atoms. The molecule has 43 heavy (non-hydrogen) atoms. The molecule has 3 heterocycles. The monoisotopic (exact) mass is 576 g/mol. The van der Waals surface area contributed by atoms with E-state index in [1.165, 1.54) is 17.7 Å². The molecule has 3 aromatic carbocycles. The number of carbonyl (C=O) groups excluding carboxylic acids is 1. The fourth-order valence-corrected chi connectivity index (χ4v) is 5.97. The Hall–Kier alpha value is -4.59. The summed E-state index contributed by atoms with van der Waals surface area (Å²) in [5, 5.41) is 5.72. The summed E-state index contributed by atoms with van der Waals surface area (Å²) in [7, 11) is 0. The van der Waals surface area contributed by atoms with Crippen LogP contribution in [0.2, 0.25) is 0 Å². The van der Waals surface area contributed by atoms with Crippen LogP contribution in [0.3, 0.4) is 0 Å². The molecule has 0 unspecified atom stereocenters. The molecular formula is C35H37FN6O. The van der Waals surface area contributed by atoms with Gasteiger partial charge in [-0.1, -0.05) is 67.1 Å². The Labute approximate surface area is 252 Å². The number of aromatic nitrogens is 4. The topological polar surface area (TPSA) is 67.2 Å². The SMILES string of the molecule is CC[C@@H](C(=O)N1CCCN(c2nc(Cc3ccc(C)cc3)nc3c2c(C)nn3-c2ccc(F)cc2)CC1)c1ccccc1. The van der Waals surface area contributed by atoms with Gasteiger partial charge in [-0.15, -0.1) is 0 Å². The van der Waals surface area contributed by atoms with Gasteiger partial charge in [0, 0.05) is 32.6 Å². The lowest BCUT2D eigenvalue weighted by atomic mass is 9.95. The average Bonchev–Trinajstić information content (AvgIpc) is 3.18. The third kappa shape index (κ3) is 6.00. The number of anilines is 1. The molecule has 1 saturated heterocycles. The first-order valence-corrected chi connectivity index (χ1v) is 15.1. The Balaban J connectivity index is 1.35. The van der Waals surface area contributed by atoms with Gasteiger partial charge in [0.15, 0.2) is 5.65 Å². The fourth-order valence-electron chi connectivity index (χ4n) is 5.97. The number of benzene rings is 3. The van der Waals surface area contributed by atoms with Gasteiger partial charge in [0.05, 0.1) is 22.7 Å². The van der Waals surface area contributed by atoms with Crippen LogP contribution in [0.1, 0.15) is 53.9 Å². The van der Waals surface area contributed by atoms with Crippen molar-refractivity contribution >= 4 is 22.8 Å². The van der Waals surface area contributed by atoms with Crippen LogP contribution in [0.25, 0.3) is 16.7 Å². The molecule has 1 aliphatic heterocycles. The molecular weight excluding hydrogens is 539 g/mol. The highest BCUT2D eigenvalue weighted by Gasteiger charge is 2.28. The zero-order chi connectivity index (χ0) is 29.9. The molecule has 2 aromatic heterocycles. The Morgan fingerprint density at radius 3 is 2.35 bits per heavy atom. The minimum Gasteiger partial charge on any atom is -0.354 e. The van der Waals surface area contributed by atoms with Crippen LogP contribution in [-0.2, 0) is 11.2 Å². The van der Waals surface area contributed by atoms with Gasteiger partial charge in [0.1, 0.15) is 17.5 Å². The number of nitrogens with zero attached hydrogens (tertiary/aromatic N) is 6. The summed E-state index contributed by atoms with van der Waals surface area (Å²) in [5.74, 6) is 1.28. The molecule has 0 aliphatic carbocycles. The Bertz CT molecular complexity index is 1720. The molecule has 5 aromatic rings. The number of aryl methyl sites for hydroxylation is 2. The predicted octanol–water partition coefficient (Wildman–Crippen LogP) is 6.39. The Kier molecular flexibility index (Phi) is 8.18. The van der Waals surface area contributed by atoms with Gasteiger partial charge < -0.3 is 9.80 Å². The number of carbonyl (C=O) groups is 1. The minimum absolute atomic E-state index is 0.143. The van der Waals surface area contributed by atoms with Crippen molar-refractivity contribution in [1.29, 1.82) is 0 Å². The van der Waals surface area contributed by atoms with E-state index >= 15 is 0 Å². The van der Waals surface area contributed by atoms with E-state index < -0.39 is 0 Å². The van der Waals surface area contributed by atoms with Gasteiger partial charge in [-0.25, -0.2) is 19.0 Å². The molecule has 1 fully saturated rings. The second kappa shape index (κ2) is 12.3. The molecule has 7 nitrogen and oxygen atoms in total. The largest absolute Gasteiger partial charge is 0.354 e. The lowest BCUT2D eigenvalue weighted by Gasteiger charge is -2.26. The zero-order valence-electron chi connectivity index (χ0n) is 25.0. The van der Waals surface area contributed by atoms with E-state index in [1.54, 1.807) is 16.8 Å².